The second-order valence-electron chi connectivity index (χ2n) is 15.1. The monoisotopic (exact) mass is 727 g/mol. The zero-order valence-electron chi connectivity index (χ0n) is 32.2. The van der Waals surface area contributed by atoms with Gasteiger partial charge in [-0.1, -0.05) is 152 Å². The summed E-state index contributed by atoms with van der Waals surface area (Å²) in [6, 6.07) is 77.9. The summed E-state index contributed by atoms with van der Waals surface area (Å²) in [6.45, 7) is 4.32. The summed E-state index contributed by atoms with van der Waals surface area (Å²) < 4.78 is 0. The number of benzene rings is 10. The van der Waals surface area contributed by atoms with Gasteiger partial charge in [-0.05, 0) is 162 Å². The molecule has 0 saturated carbocycles. The molecule has 0 amide bonds. The van der Waals surface area contributed by atoms with Gasteiger partial charge in [0.05, 0.1) is 0 Å². The second kappa shape index (κ2) is 14.5. The number of anilines is 3. The van der Waals surface area contributed by atoms with E-state index in [1.807, 2.05) is 0 Å². The summed E-state index contributed by atoms with van der Waals surface area (Å²) in [6.07, 6.45) is 0. The Morgan fingerprint density at radius 1 is 0.263 bits per heavy atom. The van der Waals surface area contributed by atoms with Crippen LogP contribution in [-0.4, -0.2) is 0 Å². The van der Waals surface area contributed by atoms with Gasteiger partial charge >= 0.3 is 0 Å². The molecule has 0 spiro atoms. The second-order valence-corrected chi connectivity index (χ2v) is 15.1. The maximum Gasteiger partial charge on any atom is 0.0467 e. The smallest absolute Gasteiger partial charge is 0.0467 e. The number of hydrogen-bond donors (Lipinski definition) is 0. The van der Waals surface area contributed by atoms with Crippen LogP contribution in [0.5, 0.6) is 0 Å². The first-order valence-corrected chi connectivity index (χ1v) is 19.7. The molecule has 57 heavy (non-hydrogen) atoms. The van der Waals surface area contributed by atoms with E-state index in [4.69, 9.17) is 0 Å². The van der Waals surface area contributed by atoms with Crippen molar-refractivity contribution in [3.05, 3.63) is 223 Å². The normalized spacial score (nSPS) is 11.3. The van der Waals surface area contributed by atoms with Gasteiger partial charge in [-0.3, -0.25) is 0 Å². The van der Waals surface area contributed by atoms with Crippen molar-refractivity contribution in [2.45, 2.75) is 13.8 Å². The topological polar surface area (TPSA) is 3.24 Å². The number of hydrogen-bond acceptors (Lipinski definition) is 1. The van der Waals surface area contributed by atoms with Crippen LogP contribution >= 0.6 is 0 Å². The maximum atomic E-state index is 2.40. The van der Waals surface area contributed by atoms with E-state index in [-0.39, 0.29) is 0 Å². The molecule has 10 aromatic carbocycles. The molecule has 10 rings (SSSR count). The lowest BCUT2D eigenvalue weighted by atomic mass is 9.84. The molecule has 0 aliphatic carbocycles. The molecule has 0 unspecified atom stereocenters. The molecule has 0 radical (unpaired) electrons. The van der Waals surface area contributed by atoms with Gasteiger partial charge in [0.25, 0.3) is 0 Å². The van der Waals surface area contributed by atoms with Crippen LogP contribution in [-0.2, 0) is 0 Å². The molecule has 1 heteroatoms. The van der Waals surface area contributed by atoms with Gasteiger partial charge in [0, 0.05) is 17.1 Å². The number of rotatable bonds is 7. The Hall–Kier alpha value is -7.22. The van der Waals surface area contributed by atoms with Crippen LogP contribution < -0.4 is 4.90 Å². The largest absolute Gasteiger partial charge is 0.310 e. The molecule has 0 aliphatic heterocycles. The minimum atomic E-state index is 1.12. The molecule has 10 aromatic rings. The SMILES string of the molecule is Cc1cccc(N(c2cccc(C)c2)c2cccc(-c3cc(-c4ccccc4)cc(-c4c5ccccc5c(-c5ccc6ccccc6c5)c5ccccc45)c3)c2)c1. The maximum absolute atomic E-state index is 2.40. The third kappa shape index (κ3) is 6.44. The fraction of sp³-hybridized carbons (Fsp3) is 0.0357. The van der Waals surface area contributed by atoms with E-state index < -0.39 is 0 Å². The lowest BCUT2D eigenvalue weighted by Crippen LogP contribution is -2.10. The van der Waals surface area contributed by atoms with E-state index in [1.165, 1.54) is 88.0 Å². The molecule has 0 aliphatic rings. The third-order valence-corrected chi connectivity index (χ3v) is 11.3. The first-order chi connectivity index (χ1) is 28.1. The van der Waals surface area contributed by atoms with Gasteiger partial charge < -0.3 is 4.90 Å². The zero-order chi connectivity index (χ0) is 38.3. The Bertz CT molecular complexity index is 3000. The van der Waals surface area contributed by atoms with Crippen LogP contribution in [0.3, 0.4) is 0 Å². The van der Waals surface area contributed by atoms with E-state index in [0.29, 0.717) is 0 Å². The van der Waals surface area contributed by atoms with E-state index in [0.717, 1.165) is 17.1 Å². The molecule has 1 nitrogen and oxygen atoms in total. The Morgan fingerprint density at radius 3 is 1.32 bits per heavy atom. The number of nitrogens with zero attached hydrogens (tertiary/aromatic N) is 1. The summed E-state index contributed by atoms with van der Waals surface area (Å²) >= 11 is 0. The van der Waals surface area contributed by atoms with Gasteiger partial charge in [-0.25, -0.2) is 0 Å². The molecule has 0 fully saturated rings. The van der Waals surface area contributed by atoms with E-state index in [1.54, 1.807) is 0 Å². The summed E-state index contributed by atoms with van der Waals surface area (Å²) in [5.74, 6) is 0. The minimum absolute atomic E-state index is 1.12. The Balaban J connectivity index is 1.21. The van der Waals surface area contributed by atoms with E-state index >= 15 is 0 Å². The van der Waals surface area contributed by atoms with Crippen LogP contribution in [0.25, 0.3) is 76.8 Å². The molecule has 0 bridgehead atoms. The molecule has 0 N–H and O–H groups in total. The van der Waals surface area contributed by atoms with Crippen molar-refractivity contribution in [2.24, 2.45) is 0 Å². The van der Waals surface area contributed by atoms with Crippen LogP contribution in [0.1, 0.15) is 11.1 Å². The lowest BCUT2D eigenvalue weighted by Gasteiger charge is -2.26. The first kappa shape index (κ1) is 34.3. The van der Waals surface area contributed by atoms with Crippen LogP contribution in [0.4, 0.5) is 17.1 Å². The predicted octanol–water partition coefficient (Wildman–Crippen LogP) is 15.9. The van der Waals surface area contributed by atoms with Crippen molar-refractivity contribution in [3.8, 4) is 44.5 Å². The van der Waals surface area contributed by atoms with E-state index in [2.05, 4.69) is 231 Å². The van der Waals surface area contributed by atoms with Crippen molar-refractivity contribution in [3.63, 3.8) is 0 Å². The Labute approximate surface area is 334 Å². The van der Waals surface area contributed by atoms with Crippen molar-refractivity contribution in [1.82, 2.24) is 0 Å². The van der Waals surface area contributed by atoms with Crippen molar-refractivity contribution in [2.75, 3.05) is 4.90 Å². The Kier molecular flexibility index (Phi) is 8.69. The molecular formula is C56H41N. The summed E-state index contributed by atoms with van der Waals surface area (Å²) in [5, 5.41) is 7.49. The van der Waals surface area contributed by atoms with Gasteiger partial charge in [-0.15, -0.1) is 0 Å². The fourth-order valence-electron chi connectivity index (χ4n) is 8.64. The third-order valence-electron chi connectivity index (χ3n) is 11.3. The Morgan fingerprint density at radius 2 is 0.719 bits per heavy atom. The number of fused-ring (bicyclic) bond motifs is 3. The van der Waals surface area contributed by atoms with Crippen LogP contribution in [0.2, 0.25) is 0 Å². The van der Waals surface area contributed by atoms with Gasteiger partial charge in [-0.2, -0.15) is 0 Å². The lowest BCUT2D eigenvalue weighted by molar-refractivity contribution is 1.26. The first-order valence-electron chi connectivity index (χ1n) is 19.7. The molecular weight excluding hydrogens is 687 g/mol. The average Bonchev–Trinajstić information content (AvgIpc) is 3.26. The molecule has 0 heterocycles. The molecule has 0 saturated heterocycles. The zero-order valence-corrected chi connectivity index (χ0v) is 32.2. The van der Waals surface area contributed by atoms with Crippen molar-refractivity contribution < 1.29 is 0 Å². The van der Waals surface area contributed by atoms with Gasteiger partial charge in [0.15, 0.2) is 0 Å². The highest BCUT2D eigenvalue weighted by Gasteiger charge is 2.19. The summed E-state index contributed by atoms with van der Waals surface area (Å²) in [4.78, 5) is 2.37. The van der Waals surface area contributed by atoms with Crippen molar-refractivity contribution in [1.29, 1.82) is 0 Å². The van der Waals surface area contributed by atoms with Crippen LogP contribution in [0.15, 0.2) is 212 Å². The molecule has 270 valence electrons. The summed E-state index contributed by atoms with van der Waals surface area (Å²) in [5.41, 5.74) is 15.5. The van der Waals surface area contributed by atoms with Gasteiger partial charge in [0.1, 0.15) is 0 Å². The predicted molar refractivity (Wildman–Crippen MR) is 245 cm³/mol. The molecule has 0 atom stereocenters. The van der Waals surface area contributed by atoms with Gasteiger partial charge in [0.2, 0.25) is 0 Å². The fourth-order valence-corrected chi connectivity index (χ4v) is 8.64. The average molecular weight is 728 g/mol. The van der Waals surface area contributed by atoms with E-state index in [9.17, 15) is 0 Å². The highest BCUT2D eigenvalue weighted by molar-refractivity contribution is 6.22. The molecule has 0 aromatic heterocycles. The summed E-state index contributed by atoms with van der Waals surface area (Å²) in [7, 11) is 0. The highest BCUT2D eigenvalue weighted by Crippen LogP contribution is 2.46. The number of aryl methyl sites for hydroxylation is 2. The minimum Gasteiger partial charge on any atom is -0.310 e. The van der Waals surface area contributed by atoms with Crippen LogP contribution in [0, 0.1) is 13.8 Å². The highest BCUT2D eigenvalue weighted by atomic mass is 15.1. The quantitative estimate of drug-likeness (QED) is 0.148. The standard InChI is InChI=1S/C56H41N/c1-38-15-12-22-48(31-38)57(49-23-13-16-39(2)32-49)50-24-14-21-43(37-50)46-34-45(40-17-4-3-5-18-40)35-47(36-46)56-53-27-10-8-25-51(53)55(52-26-9-11-28-54(52)56)44-30-29-41-19-6-7-20-42(41)33-44/h3-37H,1-2H3. The van der Waals surface area contributed by atoms with Crippen molar-refractivity contribution >= 4 is 49.4 Å².